The predicted molar refractivity (Wildman–Crippen MR) is 205 cm³/mol. The molecule has 3 aliphatic carbocycles. The number of hydrogen-bond donors (Lipinski definition) is 1. The smallest absolute Gasteiger partial charge is 0.265 e. The lowest BCUT2D eigenvalue weighted by Gasteiger charge is -2.55. The number of aliphatic hydroxyl groups is 1. The first-order chi connectivity index (χ1) is 24.1. The summed E-state index contributed by atoms with van der Waals surface area (Å²) in [7, 11) is 1.06. The predicted octanol–water partition coefficient (Wildman–Crippen LogP) is 8.69. The molecule has 0 bridgehead atoms. The van der Waals surface area contributed by atoms with Gasteiger partial charge in [0.2, 0.25) is 11.6 Å². The quantitative estimate of drug-likeness (QED) is 0.127. The molecular weight excluding hydrogens is 730 g/mol. The number of anilines is 1. The van der Waals surface area contributed by atoms with Crippen LogP contribution in [0.5, 0.6) is 11.6 Å². The Morgan fingerprint density at radius 2 is 1.71 bits per heavy atom. The average molecular weight is 787 g/mol. The fraction of sp³-hybridized carbons (Fsp3) is 0.667. The Kier molecular flexibility index (Phi) is 10.7. The van der Waals surface area contributed by atoms with E-state index in [1.165, 1.54) is 0 Å². The van der Waals surface area contributed by atoms with E-state index in [1.807, 2.05) is 25.1 Å². The van der Waals surface area contributed by atoms with E-state index >= 15 is 9.59 Å². The van der Waals surface area contributed by atoms with Crippen molar-refractivity contribution < 1.29 is 33.1 Å². The van der Waals surface area contributed by atoms with Crippen molar-refractivity contribution >= 4 is 47.3 Å². The van der Waals surface area contributed by atoms with Gasteiger partial charge < -0.3 is 28.4 Å². The van der Waals surface area contributed by atoms with Crippen molar-refractivity contribution in [3.8, 4) is 11.6 Å². The zero-order valence-electron chi connectivity index (χ0n) is 31.9. The number of benzene rings is 1. The molecule has 1 saturated heterocycles. The molecule has 6 rings (SSSR count). The number of fused-ring (bicyclic) bond motifs is 4. The van der Waals surface area contributed by atoms with Crippen LogP contribution >= 0.6 is 15.9 Å². The number of nitrogens with zero attached hydrogens (tertiary/aromatic N) is 3. The monoisotopic (exact) mass is 785 g/mol. The van der Waals surface area contributed by atoms with Gasteiger partial charge in [-0.05, 0) is 109 Å². The number of rotatable bonds is 12. The van der Waals surface area contributed by atoms with Crippen molar-refractivity contribution in [1.29, 1.82) is 0 Å². The van der Waals surface area contributed by atoms with Gasteiger partial charge in [-0.3, -0.25) is 14.5 Å². The van der Waals surface area contributed by atoms with Crippen molar-refractivity contribution in [2.45, 2.75) is 116 Å². The minimum atomic E-state index is -2.82. The molecule has 0 radical (unpaired) electrons. The number of aliphatic hydroxyl groups excluding tert-OH is 1. The molecule has 1 N–H and O–H groups in total. The number of hydrogen-bond acceptors (Lipinski definition) is 10. The van der Waals surface area contributed by atoms with Crippen LogP contribution in [0.4, 0.5) is 5.69 Å². The summed E-state index contributed by atoms with van der Waals surface area (Å²) in [5.41, 5.74) is 1.10. The third-order valence-electron chi connectivity index (χ3n) is 11.9. The fourth-order valence-electron chi connectivity index (χ4n) is 8.28. The molecule has 2 aromatic rings. The zero-order valence-corrected chi connectivity index (χ0v) is 34.5. The van der Waals surface area contributed by atoms with Crippen molar-refractivity contribution in [1.82, 2.24) is 10.1 Å². The van der Waals surface area contributed by atoms with Crippen LogP contribution in [-0.2, 0) is 15.6 Å². The lowest BCUT2D eigenvalue weighted by atomic mass is 9.57. The number of halogens is 1. The van der Waals surface area contributed by atoms with E-state index in [0.717, 1.165) is 67.3 Å². The second-order valence-corrected chi connectivity index (χ2v) is 22.1. The molecule has 2 fully saturated rings. The van der Waals surface area contributed by atoms with Crippen LogP contribution in [0, 0.1) is 11.8 Å². The summed E-state index contributed by atoms with van der Waals surface area (Å²) in [4.78, 5) is 35.4. The van der Waals surface area contributed by atoms with Crippen LogP contribution in [0.3, 0.4) is 0 Å². The third-order valence-corrected chi connectivity index (χ3v) is 17.0. The van der Waals surface area contributed by atoms with E-state index in [0.29, 0.717) is 43.1 Å². The molecule has 0 unspecified atom stereocenters. The van der Waals surface area contributed by atoms with Gasteiger partial charge >= 0.3 is 0 Å². The lowest BCUT2D eigenvalue weighted by Crippen LogP contribution is -2.68. The van der Waals surface area contributed by atoms with Crippen LogP contribution in [0.2, 0.25) is 18.1 Å². The highest BCUT2D eigenvalue weighted by molar-refractivity contribution is 9.10. The maximum absolute atomic E-state index is 15.7. The Labute approximate surface area is 312 Å². The largest absolute Gasteiger partial charge is 0.507 e. The van der Waals surface area contributed by atoms with E-state index < -0.39 is 37.4 Å². The summed E-state index contributed by atoms with van der Waals surface area (Å²) in [6, 6.07) is 1.44. The number of aromatic nitrogens is 1. The Morgan fingerprint density at radius 1 is 1.06 bits per heavy atom. The Hall–Kier alpha value is -2.67. The van der Waals surface area contributed by atoms with E-state index in [9.17, 15) is 5.11 Å². The van der Waals surface area contributed by atoms with Crippen LogP contribution in [0.1, 0.15) is 113 Å². The highest BCUT2D eigenvalue weighted by atomic mass is 79.9. The second-order valence-electron chi connectivity index (χ2n) is 16.6. The van der Waals surface area contributed by atoms with E-state index in [1.54, 1.807) is 0 Å². The molecule has 0 amide bonds. The molecule has 280 valence electrons. The van der Waals surface area contributed by atoms with Gasteiger partial charge in [-0.25, -0.2) is 0 Å². The van der Waals surface area contributed by atoms with Crippen LogP contribution in [-0.4, -0.2) is 81.0 Å². The van der Waals surface area contributed by atoms with Crippen LogP contribution in [0.15, 0.2) is 20.6 Å². The maximum atomic E-state index is 15.7. The topological polar surface area (TPSA) is 115 Å². The second kappa shape index (κ2) is 14.3. The molecule has 51 heavy (non-hydrogen) atoms. The van der Waals surface area contributed by atoms with E-state index in [-0.39, 0.29) is 33.7 Å². The summed E-state index contributed by atoms with van der Waals surface area (Å²) in [6.45, 7) is 17.3. The summed E-state index contributed by atoms with van der Waals surface area (Å²) in [5.74, 6) is -0.968. The number of unbranched alkanes of at least 4 members (excludes halogenated alkanes) is 2. The van der Waals surface area contributed by atoms with Gasteiger partial charge in [-0.1, -0.05) is 47.5 Å². The molecule has 10 nitrogen and oxygen atoms in total. The van der Waals surface area contributed by atoms with Gasteiger partial charge in [-0.2, -0.15) is 0 Å². The molecule has 1 saturated carbocycles. The third kappa shape index (κ3) is 6.29. The maximum Gasteiger partial charge on any atom is 0.265 e. The first-order valence-corrected chi connectivity index (χ1v) is 22.6. The van der Waals surface area contributed by atoms with Gasteiger partial charge in [0, 0.05) is 29.1 Å². The van der Waals surface area contributed by atoms with Crippen molar-refractivity contribution in [2.75, 3.05) is 45.3 Å². The number of carbonyl (C=O) groups is 2. The SMILES string of the molecule is CCCCOc1cc(Br)c(N2CCCC2)c2c1C(O)=C1C(=O)[C@]3(O[Si](C)(C)C(C)(C)C)C(=O)c4c(OCCCC)noc4[C@@H](N(C)C)[C@@H]3C[C@@H]1C2. The summed E-state index contributed by atoms with van der Waals surface area (Å²) >= 11 is 3.88. The molecule has 1 aliphatic heterocycles. The molecule has 12 heteroatoms. The summed E-state index contributed by atoms with van der Waals surface area (Å²) in [6.07, 6.45) is 6.64. The average Bonchev–Trinajstić information content (AvgIpc) is 3.72. The molecular formula is C39H56BrN3O7Si. The highest BCUT2D eigenvalue weighted by Crippen LogP contribution is 2.60. The number of ketones is 2. The first kappa shape index (κ1) is 38.1. The normalized spacial score (nSPS) is 24.8. The first-order valence-electron chi connectivity index (χ1n) is 18.9. The standard InChI is InChI=1S/C39H56BrN3O7Si/c1-10-12-18-47-27-22-26(40)31(43-16-14-15-17-43)24-20-23-21-25-32(42(6)7)34-30(37(41-49-34)48-19-13-11-2)36(46)39(25,50-51(8,9)38(3,4)5)35(45)28(23)33(44)29(24)27/h22-23,25,32,44H,10-21H2,1-9H3/t23-,25-,32-,39-/m0/s1. The van der Waals surface area contributed by atoms with Gasteiger partial charge in [0.05, 0.1) is 30.5 Å². The summed E-state index contributed by atoms with van der Waals surface area (Å²) in [5, 5.41) is 16.5. The Balaban J connectivity index is 1.60. The van der Waals surface area contributed by atoms with Gasteiger partial charge in [0.15, 0.2) is 19.7 Å². The lowest BCUT2D eigenvalue weighted by molar-refractivity contribution is -0.140. The van der Waals surface area contributed by atoms with Crippen LogP contribution in [0.25, 0.3) is 5.76 Å². The van der Waals surface area contributed by atoms with Gasteiger partial charge in [0.25, 0.3) is 5.88 Å². The Morgan fingerprint density at radius 3 is 2.31 bits per heavy atom. The minimum Gasteiger partial charge on any atom is -0.507 e. The number of carbonyl (C=O) groups excluding carboxylic acids is 2. The molecule has 4 atom stereocenters. The highest BCUT2D eigenvalue weighted by Gasteiger charge is 2.69. The zero-order chi connectivity index (χ0) is 37.0. The van der Waals surface area contributed by atoms with Crippen molar-refractivity contribution in [3.63, 3.8) is 0 Å². The molecule has 4 aliphatic rings. The fourth-order valence-corrected chi connectivity index (χ4v) is 10.4. The van der Waals surface area contributed by atoms with Gasteiger partial charge in [0.1, 0.15) is 17.1 Å². The number of Topliss-reactive ketones (excluding diaryl/α,β-unsaturated/α-hetero) is 2. The van der Waals surface area contributed by atoms with Crippen molar-refractivity contribution in [3.05, 3.63) is 38.6 Å². The molecule has 1 aromatic heterocycles. The number of ether oxygens (including phenoxy) is 2. The Bertz CT molecular complexity index is 1710. The van der Waals surface area contributed by atoms with E-state index in [2.05, 4.69) is 73.7 Å². The van der Waals surface area contributed by atoms with Gasteiger partial charge in [-0.15, -0.1) is 0 Å². The van der Waals surface area contributed by atoms with Crippen molar-refractivity contribution in [2.24, 2.45) is 11.8 Å². The molecule has 1 aromatic carbocycles. The van der Waals surface area contributed by atoms with E-state index in [4.69, 9.17) is 18.4 Å². The molecule has 2 heterocycles. The van der Waals surface area contributed by atoms with Crippen LogP contribution < -0.4 is 14.4 Å². The molecule has 0 spiro atoms. The summed E-state index contributed by atoms with van der Waals surface area (Å²) < 4.78 is 26.6. The minimum absolute atomic E-state index is 0.0980.